The molecular weight excluding hydrogens is 224 g/mol. The maximum absolute atomic E-state index is 13.1. The molecule has 2 rings (SSSR count). The van der Waals surface area contributed by atoms with Gasteiger partial charge in [0.1, 0.15) is 5.75 Å². The van der Waals surface area contributed by atoms with Crippen LogP contribution < -0.4 is 9.64 Å². The Hall–Kier alpha value is -1.32. The van der Waals surface area contributed by atoms with Gasteiger partial charge in [0.05, 0.1) is 12.3 Å². The van der Waals surface area contributed by atoms with Crippen LogP contribution in [0.3, 0.4) is 0 Å². The van der Waals surface area contributed by atoms with E-state index in [1.807, 2.05) is 36.1 Å². The van der Waals surface area contributed by atoms with Crippen molar-refractivity contribution in [3.05, 3.63) is 24.3 Å². The second-order valence-corrected chi connectivity index (χ2v) is 4.24. The molecule has 0 N–H and O–H groups in total. The molecule has 0 saturated carbocycles. The molecule has 1 heterocycles. The summed E-state index contributed by atoms with van der Waals surface area (Å²) in [4.78, 5) is 1.97. The molecule has 94 valence electrons. The van der Waals surface area contributed by atoms with Crippen LogP contribution in [-0.4, -0.2) is 25.6 Å². The molecule has 1 aliphatic heterocycles. The first-order valence-corrected chi connectivity index (χ1v) is 5.97. The Bertz CT molecular complexity index is 371. The fourth-order valence-electron chi connectivity index (χ4n) is 2.07. The Morgan fingerprint density at radius 1 is 1.24 bits per heavy atom. The van der Waals surface area contributed by atoms with Crippen LogP contribution in [0.15, 0.2) is 24.3 Å². The number of alkyl halides is 2. The third kappa shape index (κ3) is 2.87. The van der Waals surface area contributed by atoms with E-state index in [1.165, 1.54) is 0 Å². The standard InChI is InChI=1S/C13H17F2NO/c1-2-17-12-6-4-3-5-11(12)16-9-7-13(14,15)8-10-16/h3-6H,2,7-10H2,1H3. The number of halogens is 2. The Morgan fingerprint density at radius 2 is 1.88 bits per heavy atom. The monoisotopic (exact) mass is 241 g/mol. The summed E-state index contributed by atoms with van der Waals surface area (Å²) in [5.74, 6) is -1.72. The highest BCUT2D eigenvalue weighted by Gasteiger charge is 2.34. The first kappa shape index (κ1) is 12.1. The highest BCUT2D eigenvalue weighted by atomic mass is 19.3. The van der Waals surface area contributed by atoms with Crippen molar-refractivity contribution in [2.75, 3.05) is 24.6 Å². The topological polar surface area (TPSA) is 12.5 Å². The van der Waals surface area contributed by atoms with Gasteiger partial charge in [-0.05, 0) is 19.1 Å². The van der Waals surface area contributed by atoms with E-state index in [1.54, 1.807) is 0 Å². The second kappa shape index (κ2) is 4.90. The number of piperidine rings is 1. The van der Waals surface area contributed by atoms with Gasteiger partial charge in [-0.3, -0.25) is 0 Å². The highest BCUT2D eigenvalue weighted by molar-refractivity contribution is 5.58. The number of hydrogen-bond donors (Lipinski definition) is 0. The van der Waals surface area contributed by atoms with Crippen molar-refractivity contribution in [2.24, 2.45) is 0 Å². The molecule has 0 bridgehead atoms. The molecular formula is C13H17F2NO. The van der Waals surface area contributed by atoms with Gasteiger partial charge >= 0.3 is 0 Å². The number of hydrogen-bond acceptors (Lipinski definition) is 2. The molecule has 17 heavy (non-hydrogen) atoms. The zero-order valence-electron chi connectivity index (χ0n) is 9.96. The zero-order valence-corrected chi connectivity index (χ0v) is 9.96. The highest BCUT2D eigenvalue weighted by Crippen LogP contribution is 2.34. The molecule has 2 nitrogen and oxygen atoms in total. The van der Waals surface area contributed by atoms with E-state index in [4.69, 9.17) is 4.74 Å². The van der Waals surface area contributed by atoms with Gasteiger partial charge in [-0.25, -0.2) is 8.78 Å². The van der Waals surface area contributed by atoms with Gasteiger partial charge in [-0.1, -0.05) is 12.1 Å². The molecule has 4 heteroatoms. The Kier molecular flexibility index (Phi) is 3.50. The minimum Gasteiger partial charge on any atom is -0.492 e. The molecule has 1 aliphatic rings. The third-order valence-electron chi connectivity index (χ3n) is 3.00. The lowest BCUT2D eigenvalue weighted by Gasteiger charge is -2.34. The summed E-state index contributed by atoms with van der Waals surface area (Å²) in [6.45, 7) is 3.27. The molecule has 0 spiro atoms. The maximum atomic E-state index is 13.1. The van der Waals surface area contributed by atoms with E-state index >= 15 is 0 Å². The van der Waals surface area contributed by atoms with Crippen molar-refractivity contribution in [3.63, 3.8) is 0 Å². The van der Waals surface area contributed by atoms with Gasteiger partial charge in [0.25, 0.3) is 5.92 Å². The predicted octanol–water partition coefficient (Wildman–Crippen LogP) is 3.32. The molecule has 1 saturated heterocycles. The number of nitrogens with zero attached hydrogens (tertiary/aromatic N) is 1. The minimum atomic E-state index is -2.50. The van der Waals surface area contributed by atoms with E-state index in [0.29, 0.717) is 19.7 Å². The van der Waals surface area contributed by atoms with Crippen molar-refractivity contribution < 1.29 is 13.5 Å². The molecule has 0 unspecified atom stereocenters. The normalized spacial score (nSPS) is 19.1. The van der Waals surface area contributed by atoms with E-state index < -0.39 is 5.92 Å². The molecule has 0 atom stereocenters. The number of para-hydroxylation sites is 2. The lowest BCUT2D eigenvalue weighted by Crippen LogP contribution is -2.39. The van der Waals surface area contributed by atoms with Crippen LogP contribution in [0.5, 0.6) is 5.75 Å². The number of ether oxygens (including phenoxy) is 1. The van der Waals surface area contributed by atoms with Crippen LogP contribution in [0.4, 0.5) is 14.5 Å². The zero-order chi connectivity index (χ0) is 12.3. The van der Waals surface area contributed by atoms with Crippen molar-refractivity contribution in [1.82, 2.24) is 0 Å². The summed E-state index contributed by atoms with van der Waals surface area (Å²) in [6, 6.07) is 7.61. The van der Waals surface area contributed by atoms with Gasteiger partial charge in [-0.15, -0.1) is 0 Å². The third-order valence-corrected chi connectivity index (χ3v) is 3.00. The van der Waals surface area contributed by atoms with E-state index in [9.17, 15) is 8.78 Å². The van der Waals surface area contributed by atoms with Crippen molar-refractivity contribution in [2.45, 2.75) is 25.7 Å². The Labute approximate surface area is 100 Å². The van der Waals surface area contributed by atoms with Crippen LogP contribution in [0.25, 0.3) is 0 Å². The number of benzene rings is 1. The molecule has 0 amide bonds. The lowest BCUT2D eigenvalue weighted by atomic mass is 10.1. The van der Waals surface area contributed by atoms with Crippen LogP contribution in [-0.2, 0) is 0 Å². The van der Waals surface area contributed by atoms with Crippen LogP contribution >= 0.6 is 0 Å². The quantitative estimate of drug-likeness (QED) is 0.805. The van der Waals surface area contributed by atoms with Crippen molar-refractivity contribution in [1.29, 1.82) is 0 Å². The second-order valence-electron chi connectivity index (χ2n) is 4.24. The molecule has 1 aromatic carbocycles. The number of rotatable bonds is 3. The average Bonchev–Trinajstić information content (AvgIpc) is 2.31. The largest absolute Gasteiger partial charge is 0.492 e. The average molecular weight is 241 g/mol. The minimum absolute atomic E-state index is 0.0759. The van der Waals surface area contributed by atoms with Gasteiger partial charge in [0, 0.05) is 25.9 Å². The van der Waals surface area contributed by atoms with Gasteiger partial charge in [-0.2, -0.15) is 0 Å². The summed E-state index contributed by atoms with van der Waals surface area (Å²) in [5, 5.41) is 0. The number of anilines is 1. The first-order chi connectivity index (χ1) is 8.12. The Balaban J connectivity index is 2.12. The maximum Gasteiger partial charge on any atom is 0.251 e. The molecule has 1 fully saturated rings. The predicted molar refractivity (Wildman–Crippen MR) is 64.0 cm³/mol. The fourth-order valence-corrected chi connectivity index (χ4v) is 2.07. The summed E-state index contributed by atoms with van der Waals surface area (Å²) in [6.07, 6.45) is -0.152. The van der Waals surface area contributed by atoms with Crippen molar-refractivity contribution >= 4 is 5.69 Å². The molecule has 1 aromatic rings. The SMILES string of the molecule is CCOc1ccccc1N1CCC(F)(F)CC1. The summed E-state index contributed by atoms with van der Waals surface area (Å²) in [5.41, 5.74) is 0.921. The Morgan fingerprint density at radius 3 is 2.53 bits per heavy atom. The van der Waals surface area contributed by atoms with Gasteiger partial charge in [0.2, 0.25) is 0 Å². The van der Waals surface area contributed by atoms with Gasteiger partial charge in [0.15, 0.2) is 0 Å². The molecule has 0 radical (unpaired) electrons. The molecule has 0 aliphatic carbocycles. The molecule has 0 aromatic heterocycles. The van der Waals surface area contributed by atoms with Crippen molar-refractivity contribution in [3.8, 4) is 5.75 Å². The summed E-state index contributed by atoms with van der Waals surface area (Å²) in [7, 11) is 0. The van der Waals surface area contributed by atoms with Gasteiger partial charge < -0.3 is 9.64 Å². The smallest absolute Gasteiger partial charge is 0.251 e. The lowest BCUT2D eigenvalue weighted by molar-refractivity contribution is -0.0221. The fraction of sp³-hybridized carbons (Fsp3) is 0.538. The van der Waals surface area contributed by atoms with Crippen LogP contribution in [0, 0.1) is 0 Å². The summed E-state index contributed by atoms with van der Waals surface area (Å²) < 4.78 is 31.7. The van der Waals surface area contributed by atoms with E-state index in [0.717, 1.165) is 11.4 Å². The summed E-state index contributed by atoms with van der Waals surface area (Å²) >= 11 is 0. The van der Waals surface area contributed by atoms with E-state index in [-0.39, 0.29) is 12.8 Å². The van der Waals surface area contributed by atoms with Crippen LogP contribution in [0.2, 0.25) is 0 Å². The first-order valence-electron chi connectivity index (χ1n) is 5.97. The van der Waals surface area contributed by atoms with Crippen LogP contribution in [0.1, 0.15) is 19.8 Å². The van der Waals surface area contributed by atoms with E-state index in [2.05, 4.69) is 0 Å².